The average molecular weight is 402 g/mol. The molecule has 0 unspecified atom stereocenters. The SMILES string of the molecule is CCc1c(C)nc(N)n2c(SCC(=O)Nc3ccc(OC)c(OC)c3)nnc12. The second-order valence-corrected chi connectivity index (χ2v) is 6.88. The zero-order valence-electron chi connectivity index (χ0n) is 16.1. The number of carbonyl (C=O) groups excluding carboxylic acids is 1. The highest BCUT2D eigenvalue weighted by Gasteiger charge is 2.16. The minimum absolute atomic E-state index is 0.143. The molecular weight excluding hydrogens is 380 g/mol. The number of fused-ring (bicyclic) bond motifs is 1. The molecule has 0 aliphatic heterocycles. The predicted molar refractivity (Wildman–Crippen MR) is 108 cm³/mol. The van der Waals surface area contributed by atoms with Crippen LogP contribution in [-0.4, -0.2) is 45.5 Å². The molecule has 0 bridgehead atoms. The van der Waals surface area contributed by atoms with Crippen LogP contribution < -0.4 is 20.5 Å². The molecule has 0 aliphatic rings. The van der Waals surface area contributed by atoms with Gasteiger partial charge >= 0.3 is 0 Å². The van der Waals surface area contributed by atoms with Gasteiger partial charge < -0.3 is 20.5 Å². The third-order valence-electron chi connectivity index (χ3n) is 4.20. The van der Waals surface area contributed by atoms with E-state index in [0.717, 1.165) is 17.7 Å². The Labute approximate surface area is 166 Å². The number of nitrogen functional groups attached to an aromatic ring is 1. The highest BCUT2D eigenvalue weighted by molar-refractivity contribution is 7.99. The van der Waals surface area contributed by atoms with Crippen LogP contribution in [-0.2, 0) is 11.2 Å². The number of hydrogen-bond donors (Lipinski definition) is 2. The number of hydrogen-bond acceptors (Lipinski definition) is 8. The van der Waals surface area contributed by atoms with Crippen LogP contribution >= 0.6 is 11.8 Å². The molecule has 1 amide bonds. The molecule has 2 heterocycles. The third kappa shape index (κ3) is 3.81. The van der Waals surface area contributed by atoms with E-state index in [1.807, 2.05) is 13.8 Å². The summed E-state index contributed by atoms with van der Waals surface area (Å²) in [4.78, 5) is 16.7. The molecule has 10 heteroatoms. The Morgan fingerprint density at radius 2 is 2.00 bits per heavy atom. The van der Waals surface area contributed by atoms with Crippen molar-refractivity contribution in [2.45, 2.75) is 25.4 Å². The largest absolute Gasteiger partial charge is 0.493 e. The summed E-state index contributed by atoms with van der Waals surface area (Å²) in [6.45, 7) is 3.92. The van der Waals surface area contributed by atoms with Crippen molar-refractivity contribution in [2.75, 3.05) is 31.0 Å². The van der Waals surface area contributed by atoms with E-state index in [2.05, 4.69) is 20.5 Å². The van der Waals surface area contributed by atoms with Gasteiger partial charge in [-0.05, 0) is 25.5 Å². The van der Waals surface area contributed by atoms with Gasteiger partial charge in [0.15, 0.2) is 22.3 Å². The molecule has 0 aliphatic carbocycles. The first-order chi connectivity index (χ1) is 13.5. The van der Waals surface area contributed by atoms with E-state index in [9.17, 15) is 4.79 Å². The molecule has 3 rings (SSSR count). The predicted octanol–water partition coefficient (Wildman–Crippen LogP) is 2.33. The topological polar surface area (TPSA) is 117 Å². The van der Waals surface area contributed by atoms with E-state index in [1.54, 1.807) is 36.8 Å². The average Bonchev–Trinajstić information content (AvgIpc) is 3.11. The standard InChI is InChI=1S/C18H22N6O3S/c1-5-12-10(2)20-17(19)24-16(12)22-23-18(24)28-9-15(25)21-11-6-7-13(26-3)14(8-11)27-4/h6-8H,5,9H2,1-4H3,(H2,19,20)(H,21,25). The highest BCUT2D eigenvalue weighted by atomic mass is 32.2. The molecule has 0 saturated carbocycles. The van der Waals surface area contributed by atoms with Gasteiger partial charge in [-0.1, -0.05) is 18.7 Å². The number of carbonyl (C=O) groups is 1. The second-order valence-electron chi connectivity index (χ2n) is 5.94. The smallest absolute Gasteiger partial charge is 0.234 e. The fourth-order valence-corrected chi connectivity index (χ4v) is 3.61. The minimum atomic E-state index is -0.191. The van der Waals surface area contributed by atoms with Crippen molar-refractivity contribution in [3.63, 3.8) is 0 Å². The molecular formula is C18H22N6O3S. The van der Waals surface area contributed by atoms with E-state index in [0.29, 0.717) is 33.9 Å². The van der Waals surface area contributed by atoms with Gasteiger partial charge in [-0.3, -0.25) is 4.79 Å². The van der Waals surface area contributed by atoms with Gasteiger partial charge in [0, 0.05) is 23.0 Å². The van der Waals surface area contributed by atoms with Crippen LogP contribution in [0.15, 0.2) is 23.4 Å². The lowest BCUT2D eigenvalue weighted by Crippen LogP contribution is -2.14. The highest BCUT2D eigenvalue weighted by Crippen LogP contribution is 2.30. The van der Waals surface area contributed by atoms with Crippen LogP contribution in [0.5, 0.6) is 11.5 Å². The van der Waals surface area contributed by atoms with Crippen molar-refractivity contribution in [1.82, 2.24) is 19.6 Å². The fraction of sp³-hybridized carbons (Fsp3) is 0.333. The van der Waals surface area contributed by atoms with Crippen LogP contribution in [0.25, 0.3) is 5.65 Å². The monoisotopic (exact) mass is 402 g/mol. The number of anilines is 2. The molecule has 0 radical (unpaired) electrons. The Morgan fingerprint density at radius 1 is 1.25 bits per heavy atom. The normalized spacial score (nSPS) is 10.9. The summed E-state index contributed by atoms with van der Waals surface area (Å²) in [5, 5.41) is 11.7. The molecule has 0 fully saturated rings. The molecule has 28 heavy (non-hydrogen) atoms. The molecule has 3 N–H and O–H groups in total. The lowest BCUT2D eigenvalue weighted by Gasteiger charge is -2.10. The van der Waals surface area contributed by atoms with Crippen LogP contribution in [0.1, 0.15) is 18.2 Å². The molecule has 148 valence electrons. The van der Waals surface area contributed by atoms with E-state index < -0.39 is 0 Å². The first-order valence-corrected chi connectivity index (χ1v) is 9.61. The Hall–Kier alpha value is -3.01. The summed E-state index contributed by atoms with van der Waals surface area (Å²) in [5.41, 5.74) is 9.16. The van der Waals surface area contributed by atoms with E-state index in [-0.39, 0.29) is 11.7 Å². The maximum atomic E-state index is 12.4. The zero-order chi connectivity index (χ0) is 20.3. The summed E-state index contributed by atoms with van der Waals surface area (Å²) in [5.74, 6) is 1.39. The molecule has 9 nitrogen and oxygen atoms in total. The summed E-state index contributed by atoms with van der Waals surface area (Å²) >= 11 is 1.24. The van der Waals surface area contributed by atoms with Crippen molar-refractivity contribution in [1.29, 1.82) is 0 Å². The number of nitrogens with zero attached hydrogens (tertiary/aromatic N) is 4. The first kappa shape index (κ1) is 19.7. The lowest BCUT2D eigenvalue weighted by atomic mass is 10.2. The summed E-state index contributed by atoms with van der Waals surface area (Å²) in [6, 6.07) is 5.18. The van der Waals surface area contributed by atoms with Gasteiger partial charge in [0.1, 0.15) is 0 Å². The van der Waals surface area contributed by atoms with E-state index >= 15 is 0 Å². The quantitative estimate of drug-likeness (QED) is 0.578. The number of benzene rings is 1. The molecule has 0 spiro atoms. The van der Waals surface area contributed by atoms with Gasteiger partial charge in [-0.15, -0.1) is 10.2 Å². The Balaban J connectivity index is 1.73. The lowest BCUT2D eigenvalue weighted by molar-refractivity contribution is -0.113. The van der Waals surface area contributed by atoms with Crippen molar-refractivity contribution in [3.05, 3.63) is 29.5 Å². The zero-order valence-corrected chi connectivity index (χ0v) is 17.0. The number of ether oxygens (including phenoxy) is 2. The van der Waals surface area contributed by atoms with Crippen LogP contribution in [0.3, 0.4) is 0 Å². The second kappa shape index (κ2) is 8.34. The maximum Gasteiger partial charge on any atom is 0.234 e. The van der Waals surface area contributed by atoms with E-state index in [1.165, 1.54) is 11.8 Å². The van der Waals surface area contributed by atoms with Crippen LogP contribution in [0.2, 0.25) is 0 Å². The summed E-state index contributed by atoms with van der Waals surface area (Å²) in [7, 11) is 3.10. The van der Waals surface area contributed by atoms with Gasteiger partial charge in [0.25, 0.3) is 0 Å². The number of nitrogens with one attached hydrogen (secondary N) is 1. The Morgan fingerprint density at radius 3 is 2.68 bits per heavy atom. The van der Waals surface area contributed by atoms with Crippen molar-refractivity contribution in [3.8, 4) is 11.5 Å². The number of thioether (sulfide) groups is 1. The molecule has 3 aromatic rings. The number of rotatable bonds is 7. The molecule has 2 aromatic heterocycles. The third-order valence-corrected chi connectivity index (χ3v) is 5.13. The number of aryl methyl sites for hydroxylation is 2. The first-order valence-electron chi connectivity index (χ1n) is 8.63. The van der Waals surface area contributed by atoms with Gasteiger partial charge in [-0.25, -0.2) is 9.38 Å². The minimum Gasteiger partial charge on any atom is -0.493 e. The summed E-state index contributed by atoms with van der Waals surface area (Å²) in [6.07, 6.45) is 0.769. The van der Waals surface area contributed by atoms with E-state index in [4.69, 9.17) is 15.2 Å². The van der Waals surface area contributed by atoms with Crippen LogP contribution in [0.4, 0.5) is 11.6 Å². The van der Waals surface area contributed by atoms with Crippen molar-refractivity contribution < 1.29 is 14.3 Å². The van der Waals surface area contributed by atoms with Gasteiger partial charge in [0.05, 0.1) is 20.0 Å². The number of nitrogens with two attached hydrogens (primary N) is 1. The van der Waals surface area contributed by atoms with Crippen LogP contribution in [0, 0.1) is 6.92 Å². The maximum absolute atomic E-state index is 12.4. The molecule has 0 atom stereocenters. The molecule has 1 aromatic carbocycles. The van der Waals surface area contributed by atoms with Gasteiger partial charge in [-0.2, -0.15) is 0 Å². The number of amides is 1. The summed E-state index contributed by atoms with van der Waals surface area (Å²) < 4.78 is 12.1. The van der Waals surface area contributed by atoms with Crippen molar-refractivity contribution in [2.24, 2.45) is 0 Å². The van der Waals surface area contributed by atoms with Crippen molar-refractivity contribution >= 4 is 35.0 Å². The number of aromatic nitrogens is 4. The number of methoxy groups -OCH3 is 2. The Kier molecular flexibility index (Phi) is 5.88. The fourth-order valence-electron chi connectivity index (χ4n) is 2.87. The van der Waals surface area contributed by atoms with Gasteiger partial charge in [0.2, 0.25) is 11.9 Å². The Bertz CT molecular complexity index is 1020. The molecule has 0 saturated heterocycles.